The zero-order valence-corrected chi connectivity index (χ0v) is 15.2. The second-order valence-corrected chi connectivity index (χ2v) is 8.29. The third-order valence-corrected chi connectivity index (χ3v) is 6.64. The van der Waals surface area contributed by atoms with E-state index in [9.17, 15) is 14.4 Å². The molecule has 7 heteroatoms. The van der Waals surface area contributed by atoms with Gasteiger partial charge in [-0.25, -0.2) is 0 Å². The summed E-state index contributed by atoms with van der Waals surface area (Å²) in [5, 5.41) is 9.50. The van der Waals surface area contributed by atoms with Gasteiger partial charge in [-0.3, -0.25) is 19.7 Å². The summed E-state index contributed by atoms with van der Waals surface area (Å²) in [6.45, 7) is 2.31. The predicted molar refractivity (Wildman–Crippen MR) is 97.7 cm³/mol. The second-order valence-electron chi connectivity index (χ2n) is 8.29. The number of benzene rings is 1. The molecule has 0 radical (unpaired) electrons. The molecular formula is C20H24N4O3. The van der Waals surface area contributed by atoms with Crippen molar-refractivity contribution in [2.75, 3.05) is 6.54 Å². The van der Waals surface area contributed by atoms with Crippen molar-refractivity contribution in [3.05, 3.63) is 34.9 Å². The third-order valence-electron chi connectivity index (χ3n) is 6.64. The van der Waals surface area contributed by atoms with Crippen LogP contribution in [0.15, 0.2) is 18.2 Å². The topological polar surface area (TPSA) is 90.5 Å². The van der Waals surface area contributed by atoms with E-state index in [1.54, 1.807) is 4.90 Å². The van der Waals surface area contributed by atoms with Gasteiger partial charge in [0.05, 0.1) is 0 Å². The Bertz CT molecular complexity index is 825. The van der Waals surface area contributed by atoms with Crippen LogP contribution in [0.5, 0.6) is 0 Å². The fourth-order valence-corrected chi connectivity index (χ4v) is 4.92. The first-order chi connectivity index (χ1) is 13.0. The molecule has 3 amide bonds. The maximum absolute atomic E-state index is 12.8. The van der Waals surface area contributed by atoms with Crippen LogP contribution in [0, 0.1) is 0 Å². The molecule has 2 saturated heterocycles. The van der Waals surface area contributed by atoms with Crippen molar-refractivity contribution in [3.8, 4) is 0 Å². The summed E-state index contributed by atoms with van der Waals surface area (Å²) >= 11 is 0. The van der Waals surface area contributed by atoms with Crippen LogP contribution in [0.2, 0.25) is 0 Å². The Morgan fingerprint density at radius 2 is 2.04 bits per heavy atom. The lowest BCUT2D eigenvalue weighted by molar-refractivity contribution is -0.136. The van der Waals surface area contributed by atoms with Gasteiger partial charge in [-0.15, -0.1) is 0 Å². The highest BCUT2D eigenvalue weighted by molar-refractivity contribution is 6.05. The fraction of sp³-hybridized carbons (Fsp3) is 0.550. The van der Waals surface area contributed by atoms with Crippen molar-refractivity contribution in [1.29, 1.82) is 0 Å². The quantitative estimate of drug-likeness (QED) is 0.671. The molecule has 3 fully saturated rings. The molecule has 4 aliphatic rings. The smallest absolute Gasteiger partial charge is 0.255 e. The number of hydrogen-bond donors (Lipinski definition) is 3. The van der Waals surface area contributed by atoms with E-state index in [4.69, 9.17) is 0 Å². The average Bonchev–Trinajstić information content (AvgIpc) is 2.90. The molecule has 1 aromatic carbocycles. The molecule has 0 bridgehead atoms. The molecule has 1 spiro atoms. The van der Waals surface area contributed by atoms with Crippen LogP contribution in [0.3, 0.4) is 0 Å². The fourth-order valence-electron chi connectivity index (χ4n) is 4.92. The first-order valence-corrected chi connectivity index (χ1v) is 9.78. The molecule has 5 rings (SSSR count). The molecule has 3 heterocycles. The number of carbonyl (C=O) groups excluding carboxylic acids is 3. The van der Waals surface area contributed by atoms with Gasteiger partial charge in [-0.2, -0.15) is 0 Å². The van der Waals surface area contributed by atoms with Crippen LogP contribution in [-0.4, -0.2) is 46.8 Å². The first-order valence-electron chi connectivity index (χ1n) is 9.78. The molecule has 3 aliphatic heterocycles. The summed E-state index contributed by atoms with van der Waals surface area (Å²) in [6.07, 6.45) is 4.30. The second kappa shape index (κ2) is 6.14. The Morgan fingerprint density at radius 1 is 1.22 bits per heavy atom. The molecule has 3 N–H and O–H groups in total. The lowest BCUT2D eigenvalue weighted by Crippen LogP contribution is -2.68. The van der Waals surface area contributed by atoms with Gasteiger partial charge in [0.1, 0.15) is 6.04 Å². The van der Waals surface area contributed by atoms with Crippen molar-refractivity contribution in [2.45, 2.75) is 62.8 Å². The summed E-state index contributed by atoms with van der Waals surface area (Å²) in [5.41, 5.74) is 3.22. The molecule has 7 nitrogen and oxygen atoms in total. The van der Waals surface area contributed by atoms with Crippen LogP contribution in [0.4, 0.5) is 0 Å². The van der Waals surface area contributed by atoms with E-state index >= 15 is 0 Å². The molecule has 1 atom stereocenters. The summed E-state index contributed by atoms with van der Waals surface area (Å²) in [6, 6.07) is 5.78. The van der Waals surface area contributed by atoms with Crippen LogP contribution in [0.25, 0.3) is 0 Å². The van der Waals surface area contributed by atoms with Gasteiger partial charge in [0.15, 0.2) is 0 Å². The normalized spacial score (nSPS) is 32.1. The van der Waals surface area contributed by atoms with E-state index in [1.807, 2.05) is 12.1 Å². The largest absolute Gasteiger partial charge is 0.322 e. The molecular weight excluding hydrogens is 344 g/mol. The van der Waals surface area contributed by atoms with Crippen molar-refractivity contribution in [3.63, 3.8) is 0 Å². The Morgan fingerprint density at radius 3 is 2.74 bits per heavy atom. The van der Waals surface area contributed by atoms with Gasteiger partial charge >= 0.3 is 0 Å². The van der Waals surface area contributed by atoms with E-state index in [0.717, 1.165) is 24.2 Å². The molecule has 27 heavy (non-hydrogen) atoms. The van der Waals surface area contributed by atoms with E-state index in [0.29, 0.717) is 30.1 Å². The Balaban J connectivity index is 1.27. The van der Waals surface area contributed by atoms with Crippen molar-refractivity contribution in [2.24, 2.45) is 0 Å². The van der Waals surface area contributed by atoms with Crippen molar-refractivity contribution in [1.82, 2.24) is 20.9 Å². The van der Waals surface area contributed by atoms with Crippen LogP contribution in [-0.2, 0) is 22.7 Å². The Kier molecular flexibility index (Phi) is 3.84. The predicted octanol–water partition coefficient (Wildman–Crippen LogP) is 0.432. The average molecular weight is 368 g/mol. The van der Waals surface area contributed by atoms with Gasteiger partial charge in [0.25, 0.3) is 5.91 Å². The molecule has 1 aromatic rings. The van der Waals surface area contributed by atoms with Gasteiger partial charge in [0, 0.05) is 36.7 Å². The summed E-state index contributed by atoms with van der Waals surface area (Å²) in [7, 11) is 0. The Hall–Kier alpha value is -2.25. The summed E-state index contributed by atoms with van der Waals surface area (Å²) in [5.74, 6) is -0.730. The molecule has 1 saturated carbocycles. The summed E-state index contributed by atoms with van der Waals surface area (Å²) in [4.78, 5) is 38.0. The van der Waals surface area contributed by atoms with Gasteiger partial charge in [-0.1, -0.05) is 12.1 Å². The van der Waals surface area contributed by atoms with Crippen LogP contribution in [0.1, 0.15) is 53.6 Å². The highest BCUT2D eigenvalue weighted by Crippen LogP contribution is 2.40. The minimum absolute atomic E-state index is 0.109. The number of piperidine rings is 1. The molecule has 0 aromatic heterocycles. The minimum atomic E-state index is -0.556. The maximum Gasteiger partial charge on any atom is 0.255 e. The number of nitrogens with zero attached hydrogens (tertiary/aromatic N) is 1. The monoisotopic (exact) mass is 368 g/mol. The van der Waals surface area contributed by atoms with E-state index < -0.39 is 6.04 Å². The number of rotatable bonds is 4. The van der Waals surface area contributed by atoms with Gasteiger partial charge in [0.2, 0.25) is 11.8 Å². The number of nitrogens with one attached hydrogen (secondary N) is 3. The highest BCUT2D eigenvalue weighted by atomic mass is 16.2. The standard InChI is InChI=1S/C20H24N4O3/c25-17-5-4-16(18(26)23-17)24-11-15-12(2-1-3-14(15)19(24)27)10-21-13-8-20(9-13)6-7-22-20/h1-3,13,16,21-22H,4-11H2,(H,23,25,26). The number of amides is 3. The molecule has 1 unspecified atom stereocenters. The zero-order chi connectivity index (χ0) is 18.6. The Labute approximate surface area is 157 Å². The lowest BCUT2D eigenvalue weighted by atomic mass is 9.66. The van der Waals surface area contributed by atoms with Gasteiger partial charge < -0.3 is 15.5 Å². The minimum Gasteiger partial charge on any atom is -0.322 e. The van der Waals surface area contributed by atoms with Crippen LogP contribution >= 0.6 is 0 Å². The van der Waals surface area contributed by atoms with Crippen LogP contribution < -0.4 is 16.0 Å². The zero-order valence-electron chi connectivity index (χ0n) is 15.2. The SMILES string of the molecule is O=C1CCC(N2Cc3c(CNC4CC5(CCN5)C4)cccc3C2=O)C(=O)N1. The molecule has 142 valence electrons. The number of imide groups is 1. The maximum atomic E-state index is 12.8. The van der Waals surface area contributed by atoms with E-state index in [2.05, 4.69) is 22.0 Å². The van der Waals surface area contributed by atoms with E-state index in [1.165, 1.54) is 19.3 Å². The lowest BCUT2D eigenvalue weighted by Gasteiger charge is -2.55. The summed E-state index contributed by atoms with van der Waals surface area (Å²) < 4.78 is 0. The molecule has 1 aliphatic carbocycles. The number of hydrogen-bond acceptors (Lipinski definition) is 5. The van der Waals surface area contributed by atoms with Crippen molar-refractivity contribution >= 4 is 17.7 Å². The number of carbonyl (C=O) groups is 3. The highest BCUT2D eigenvalue weighted by Gasteiger charge is 2.47. The van der Waals surface area contributed by atoms with E-state index in [-0.39, 0.29) is 24.1 Å². The third kappa shape index (κ3) is 2.76. The van der Waals surface area contributed by atoms with Gasteiger partial charge in [-0.05, 0) is 49.4 Å². The first kappa shape index (κ1) is 16.9. The number of fused-ring (bicyclic) bond motifs is 1. The van der Waals surface area contributed by atoms with Crippen molar-refractivity contribution < 1.29 is 14.4 Å².